The summed E-state index contributed by atoms with van der Waals surface area (Å²) in [5.41, 5.74) is -0.972. The summed E-state index contributed by atoms with van der Waals surface area (Å²) in [7, 11) is 0. The molecule has 21 heavy (non-hydrogen) atoms. The SMILES string of the molecule is O=C(Nc1ccc(Cl)c([N+](=O)[O-])c1)c1c[nH]c(=O)cc1O. The Kier molecular flexibility index (Phi) is 3.90. The zero-order valence-corrected chi connectivity index (χ0v) is 11.0. The van der Waals surface area contributed by atoms with E-state index < -0.39 is 22.1 Å². The summed E-state index contributed by atoms with van der Waals surface area (Å²) in [6.07, 6.45) is 1.04. The van der Waals surface area contributed by atoms with E-state index in [0.717, 1.165) is 18.3 Å². The van der Waals surface area contributed by atoms with Gasteiger partial charge in [-0.2, -0.15) is 0 Å². The number of hydrogen-bond donors (Lipinski definition) is 3. The third-order valence-corrected chi connectivity index (χ3v) is 2.87. The number of benzene rings is 1. The van der Waals surface area contributed by atoms with Gasteiger partial charge in [-0.3, -0.25) is 19.7 Å². The molecule has 0 atom stereocenters. The van der Waals surface area contributed by atoms with Crippen LogP contribution in [-0.4, -0.2) is 20.9 Å². The first-order valence-corrected chi connectivity index (χ1v) is 5.93. The third-order valence-electron chi connectivity index (χ3n) is 2.55. The van der Waals surface area contributed by atoms with E-state index in [9.17, 15) is 24.8 Å². The molecule has 0 aliphatic rings. The number of hydrogen-bond acceptors (Lipinski definition) is 5. The van der Waals surface area contributed by atoms with Crippen molar-refractivity contribution in [2.75, 3.05) is 5.32 Å². The van der Waals surface area contributed by atoms with Gasteiger partial charge in [-0.15, -0.1) is 0 Å². The summed E-state index contributed by atoms with van der Waals surface area (Å²) >= 11 is 5.65. The van der Waals surface area contributed by atoms with Crippen molar-refractivity contribution in [3.05, 3.63) is 61.5 Å². The molecule has 0 aliphatic heterocycles. The number of carbonyl (C=O) groups is 1. The highest BCUT2D eigenvalue weighted by atomic mass is 35.5. The number of nitro groups is 1. The van der Waals surface area contributed by atoms with Crippen molar-refractivity contribution in [1.29, 1.82) is 0 Å². The van der Waals surface area contributed by atoms with E-state index in [4.69, 9.17) is 11.6 Å². The summed E-state index contributed by atoms with van der Waals surface area (Å²) in [5.74, 6) is -1.24. The number of nitrogens with zero attached hydrogens (tertiary/aromatic N) is 1. The summed E-state index contributed by atoms with van der Waals surface area (Å²) in [6, 6.07) is 4.57. The summed E-state index contributed by atoms with van der Waals surface area (Å²) in [5, 5.41) is 22.6. The van der Waals surface area contributed by atoms with E-state index in [0.29, 0.717) is 0 Å². The molecule has 9 heteroatoms. The number of anilines is 1. The van der Waals surface area contributed by atoms with Crippen LogP contribution in [0.4, 0.5) is 11.4 Å². The van der Waals surface area contributed by atoms with Crippen molar-refractivity contribution >= 4 is 28.9 Å². The van der Waals surface area contributed by atoms with Gasteiger partial charge in [0.15, 0.2) is 0 Å². The maximum atomic E-state index is 11.9. The van der Waals surface area contributed by atoms with E-state index in [1.54, 1.807) is 0 Å². The van der Waals surface area contributed by atoms with Gasteiger partial charge in [0.05, 0.1) is 10.5 Å². The molecule has 1 aromatic heterocycles. The second kappa shape index (κ2) is 5.63. The fourth-order valence-corrected chi connectivity index (χ4v) is 1.76. The highest BCUT2D eigenvalue weighted by molar-refractivity contribution is 6.32. The minimum atomic E-state index is -0.736. The van der Waals surface area contributed by atoms with Gasteiger partial charge in [0.25, 0.3) is 17.2 Å². The fraction of sp³-hybridized carbons (Fsp3) is 0. The molecule has 1 aromatic carbocycles. The molecule has 0 spiro atoms. The topological polar surface area (TPSA) is 125 Å². The first-order chi connectivity index (χ1) is 9.88. The number of rotatable bonds is 3. The number of pyridine rings is 1. The van der Waals surface area contributed by atoms with Gasteiger partial charge in [0, 0.05) is 24.0 Å². The molecular weight excluding hydrogens is 302 g/mol. The number of halogens is 1. The molecule has 3 N–H and O–H groups in total. The Morgan fingerprint density at radius 1 is 1.38 bits per heavy atom. The van der Waals surface area contributed by atoms with E-state index >= 15 is 0 Å². The number of aromatic hydroxyl groups is 1. The lowest BCUT2D eigenvalue weighted by Gasteiger charge is -2.06. The van der Waals surface area contributed by atoms with E-state index in [-0.39, 0.29) is 22.0 Å². The van der Waals surface area contributed by atoms with Crippen molar-refractivity contribution in [3.63, 3.8) is 0 Å². The van der Waals surface area contributed by atoms with Crippen molar-refractivity contribution in [2.45, 2.75) is 0 Å². The number of nitrogens with one attached hydrogen (secondary N) is 2. The smallest absolute Gasteiger partial charge is 0.289 e. The van der Waals surface area contributed by atoms with Gasteiger partial charge in [-0.05, 0) is 12.1 Å². The molecule has 2 rings (SSSR count). The van der Waals surface area contributed by atoms with Crippen molar-refractivity contribution < 1.29 is 14.8 Å². The average Bonchev–Trinajstić information content (AvgIpc) is 2.40. The van der Waals surface area contributed by atoms with Crippen LogP contribution in [0.5, 0.6) is 5.75 Å². The minimum absolute atomic E-state index is 0.0649. The van der Waals surface area contributed by atoms with Gasteiger partial charge >= 0.3 is 0 Å². The molecule has 8 nitrogen and oxygen atoms in total. The summed E-state index contributed by atoms with van der Waals surface area (Å²) < 4.78 is 0. The zero-order valence-electron chi connectivity index (χ0n) is 10.3. The molecule has 0 saturated heterocycles. The normalized spacial score (nSPS) is 10.1. The number of carbonyl (C=O) groups excluding carboxylic acids is 1. The second-order valence-electron chi connectivity index (χ2n) is 3.97. The highest BCUT2D eigenvalue weighted by Crippen LogP contribution is 2.27. The predicted molar refractivity (Wildman–Crippen MR) is 74.8 cm³/mol. The van der Waals surface area contributed by atoms with Gasteiger partial charge in [0.2, 0.25) is 0 Å². The predicted octanol–water partition coefficient (Wildman–Crippen LogP) is 1.89. The third kappa shape index (κ3) is 3.18. The standard InChI is InChI=1S/C12H8ClN3O5/c13-8-2-1-6(3-9(8)16(20)21)15-12(19)7-5-14-11(18)4-10(7)17/h1-5H,(H,15,19)(H2,14,17,18). The first kappa shape index (κ1) is 14.5. The van der Waals surface area contributed by atoms with Crippen LogP contribution in [0.2, 0.25) is 5.02 Å². The molecule has 0 aliphatic carbocycles. The number of H-pyrrole nitrogens is 1. The lowest BCUT2D eigenvalue weighted by molar-refractivity contribution is -0.384. The molecule has 108 valence electrons. The Labute approximate surface area is 122 Å². The van der Waals surface area contributed by atoms with Crippen LogP contribution in [0.3, 0.4) is 0 Å². The fourth-order valence-electron chi connectivity index (χ4n) is 1.57. The molecule has 2 aromatic rings. The van der Waals surface area contributed by atoms with Crippen LogP contribution in [0.25, 0.3) is 0 Å². The number of aromatic amines is 1. The van der Waals surface area contributed by atoms with Gasteiger partial charge in [-0.25, -0.2) is 0 Å². The average molecular weight is 310 g/mol. The highest BCUT2D eigenvalue weighted by Gasteiger charge is 2.16. The van der Waals surface area contributed by atoms with E-state index in [2.05, 4.69) is 10.3 Å². The van der Waals surface area contributed by atoms with Crippen molar-refractivity contribution in [3.8, 4) is 5.75 Å². The first-order valence-electron chi connectivity index (χ1n) is 5.55. The van der Waals surface area contributed by atoms with Crippen LogP contribution in [0.15, 0.2) is 35.3 Å². The number of nitro benzene ring substituents is 1. The Bertz CT molecular complexity index is 787. The van der Waals surface area contributed by atoms with Gasteiger partial charge in [-0.1, -0.05) is 11.6 Å². The Morgan fingerprint density at radius 2 is 2.10 bits per heavy atom. The molecule has 0 bridgehead atoms. The quantitative estimate of drug-likeness (QED) is 0.589. The molecule has 1 heterocycles. The molecular formula is C12H8ClN3O5. The van der Waals surface area contributed by atoms with Crippen molar-refractivity contribution in [1.82, 2.24) is 4.98 Å². The number of aromatic nitrogens is 1. The van der Waals surface area contributed by atoms with E-state index in [1.165, 1.54) is 12.1 Å². The van der Waals surface area contributed by atoms with Crippen LogP contribution < -0.4 is 10.9 Å². The lowest BCUT2D eigenvalue weighted by Crippen LogP contribution is -2.15. The minimum Gasteiger partial charge on any atom is -0.507 e. The van der Waals surface area contributed by atoms with Crippen LogP contribution in [0, 0.1) is 10.1 Å². The van der Waals surface area contributed by atoms with Crippen LogP contribution >= 0.6 is 11.6 Å². The van der Waals surface area contributed by atoms with Crippen LogP contribution in [-0.2, 0) is 0 Å². The Balaban J connectivity index is 2.29. The zero-order chi connectivity index (χ0) is 15.6. The maximum Gasteiger partial charge on any atom is 0.289 e. The van der Waals surface area contributed by atoms with Crippen molar-refractivity contribution in [2.24, 2.45) is 0 Å². The molecule has 0 fully saturated rings. The summed E-state index contributed by atoms with van der Waals surface area (Å²) in [6.45, 7) is 0. The Hall–Kier alpha value is -2.87. The second-order valence-corrected chi connectivity index (χ2v) is 4.38. The van der Waals surface area contributed by atoms with Crippen LogP contribution in [0.1, 0.15) is 10.4 Å². The van der Waals surface area contributed by atoms with E-state index in [1.807, 2.05) is 0 Å². The lowest BCUT2D eigenvalue weighted by atomic mass is 10.2. The molecule has 1 amide bonds. The number of amides is 1. The van der Waals surface area contributed by atoms with Gasteiger partial charge in [0.1, 0.15) is 10.8 Å². The van der Waals surface area contributed by atoms with Gasteiger partial charge < -0.3 is 15.4 Å². The largest absolute Gasteiger partial charge is 0.507 e. The molecule has 0 saturated carbocycles. The molecule has 0 radical (unpaired) electrons. The molecule has 0 unspecified atom stereocenters. The summed E-state index contributed by atoms with van der Waals surface area (Å²) in [4.78, 5) is 35.2. The maximum absolute atomic E-state index is 11.9. The monoisotopic (exact) mass is 309 g/mol. The Morgan fingerprint density at radius 3 is 2.71 bits per heavy atom.